The number of hydrogen-bond donors (Lipinski definition) is 0. The van der Waals surface area contributed by atoms with Gasteiger partial charge in [0.2, 0.25) is 0 Å². The highest BCUT2D eigenvalue weighted by Gasteiger charge is 2.30. The third-order valence-electron chi connectivity index (χ3n) is 5.94. The summed E-state index contributed by atoms with van der Waals surface area (Å²) in [6.45, 7) is 6.52. The van der Waals surface area contributed by atoms with E-state index in [0.29, 0.717) is 12.3 Å². The average Bonchev–Trinajstić information content (AvgIpc) is 3.28. The summed E-state index contributed by atoms with van der Waals surface area (Å²) < 4.78 is 7.55. The minimum Gasteiger partial charge on any atom is -0.459 e. The molecular weight excluding hydrogens is 342 g/mol. The average molecular weight is 371 g/mol. The zero-order valence-corrected chi connectivity index (χ0v) is 16.4. The molecule has 2 aliphatic rings. The molecule has 0 aromatic carbocycles. The van der Waals surface area contributed by atoms with Crippen molar-refractivity contribution in [2.24, 2.45) is 7.05 Å². The summed E-state index contributed by atoms with van der Waals surface area (Å²) in [5.41, 5.74) is 0.893. The SMILES string of the molecule is Cc1ccoc1C(=O)N1CCCC(c2nnc(CN3CCCCC3)n2C)C1. The maximum atomic E-state index is 12.8. The van der Waals surface area contributed by atoms with Crippen LogP contribution in [0.3, 0.4) is 0 Å². The fraction of sp³-hybridized carbons (Fsp3) is 0.650. The molecule has 0 saturated carbocycles. The highest BCUT2D eigenvalue weighted by molar-refractivity contribution is 5.92. The molecular formula is C20H29N5O2. The van der Waals surface area contributed by atoms with Gasteiger partial charge in [-0.15, -0.1) is 10.2 Å². The van der Waals surface area contributed by atoms with E-state index < -0.39 is 0 Å². The summed E-state index contributed by atoms with van der Waals surface area (Å²) in [6.07, 6.45) is 7.48. The number of nitrogens with zero attached hydrogens (tertiary/aromatic N) is 5. The number of hydrogen-bond acceptors (Lipinski definition) is 5. The molecule has 1 atom stereocenters. The standard InChI is InChI=1S/C20H29N5O2/c1-15-8-12-27-18(15)20(26)25-11-6-7-16(13-25)19-22-21-17(23(19)2)14-24-9-4-3-5-10-24/h8,12,16H,3-7,9-11,13-14H2,1-2H3. The molecule has 146 valence electrons. The fourth-order valence-corrected chi connectivity index (χ4v) is 4.29. The Balaban J connectivity index is 1.45. The van der Waals surface area contributed by atoms with Crippen LogP contribution in [-0.4, -0.2) is 56.7 Å². The van der Waals surface area contributed by atoms with E-state index in [9.17, 15) is 4.79 Å². The van der Waals surface area contributed by atoms with Crippen LogP contribution >= 0.6 is 0 Å². The third-order valence-corrected chi connectivity index (χ3v) is 5.94. The Hall–Kier alpha value is -2.15. The zero-order chi connectivity index (χ0) is 18.8. The zero-order valence-electron chi connectivity index (χ0n) is 16.4. The van der Waals surface area contributed by atoms with Crippen LogP contribution < -0.4 is 0 Å². The lowest BCUT2D eigenvalue weighted by molar-refractivity contribution is 0.0670. The van der Waals surface area contributed by atoms with Gasteiger partial charge in [-0.25, -0.2) is 0 Å². The number of carbonyl (C=O) groups is 1. The predicted molar refractivity (Wildman–Crippen MR) is 101 cm³/mol. The molecule has 4 heterocycles. The first-order chi connectivity index (χ1) is 13.1. The van der Waals surface area contributed by atoms with Crippen molar-refractivity contribution in [3.63, 3.8) is 0 Å². The largest absolute Gasteiger partial charge is 0.459 e. The lowest BCUT2D eigenvalue weighted by Crippen LogP contribution is -2.39. The number of aromatic nitrogens is 3. The van der Waals surface area contributed by atoms with Crippen LogP contribution in [0.2, 0.25) is 0 Å². The molecule has 0 radical (unpaired) electrons. The fourth-order valence-electron chi connectivity index (χ4n) is 4.29. The number of aryl methyl sites for hydroxylation is 1. The Morgan fingerprint density at radius 1 is 1.19 bits per heavy atom. The van der Waals surface area contributed by atoms with Crippen LogP contribution in [0, 0.1) is 6.92 Å². The number of piperidine rings is 2. The molecule has 7 heteroatoms. The van der Waals surface area contributed by atoms with Crippen molar-refractivity contribution in [1.82, 2.24) is 24.6 Å². The summed E-state index contributed by atoms with van der Waals surface area (Å²) in [7, 11) is 2.06. The van der Waals surface area contributed by atoms with Crippen molar-refractivity contribution in [2.45, 2.75) is 51.5 Å². The van der Waals surface area contributed by atoms with E-state index in [0.717, 1.165) is 56.2 Å². The van der Waals surface area contributed by atoms with Crippen LogP contribution in [-0.2, 0) is 13.6 Å². The van der Waals surface area contributed by atoms with Gasteiger partial charge in [0.05, 0.1) is 12.8 Å². The van der Waals surface area contributed by atoms with Gasteiger partial charge in [-0.3, -0.25) is 9.69 Å². The van der Waals surface area contributed by atoms with Gasteiger partial charge in [0.15, 0.2) is 5.76 Å². The number of amides is 1. The van der Waals surface area contributed by atoms with Crippen LogP contribution in [0.1, 0.15) is 65.8 Å². The molecule has 0 aliphatic carbocycles. The van der Waals surface area contributed by atoms with Crippen LogP contribution in [0.5, 0.6) is 0 Å². The van der Waals surface area contributed by atoms with E-state index >= 15 is 0 Å². The van der Waals surface area contributed by atoms with Gasteiger partial charge in [0.25, 0.3) is 5.91 Å². The lowest BCUT2D eigenvalue weighted by Gasteiger charge is -2.32. The lowest BCUT2D eigenvalue weighted by atomic mass is 9.96. The van der Waals surface area contributed by atoms with Crippen LogP contribution in [0.4, 0.5) is 0 Å². The maximum absolute atomic E-state index is 12.8. The molecule has 7 nitrogen and oxygen atoms in total. The van der Waals surface area contributed by atoms with Crippen molar-refractivity contribution in [1.29, 1.82) is 0 Å². The molecule has 1 unspecified atom stereocenters. The minimum atomic E-state index is -0.0158. The Morgan fingerprint density at radius 2 is 2.00 bits per heavy atom. The Morgan fingerprint density at radius 3 is 2.74 bits per heavy atom. The summed E-state index contributed by atoms with van der Waals surface area (Å²) in [4.78, 5) is 17.2. The molecule has 2 saturated heterocycles. The molecule has 4 rings (SSSR count). The quantitative estimate of drug-likeness (QED) is 0.827. The number of rotatable bonds is 4. The molecule has 2 aromatic heterocycles. The normalized spacial score (nSPS) is 21.6. The molecule has 2 fully saturated rings. The van der Waals surface area contributed by atoms with Crippen molar-refractivity contribution in [3.8, 4) is 0 Å². The minimum absolute atomic E-state index is 0.0158. The van der Waals surface area contributed by atoms with Gasteiger partial charge >= 0.3 is 0 Å². The summed E-state index contributed by atoms with van der Waals surface area (Å²) in [5.74, 6) is 2.69. The van der Waals surface area contributed by atoms with Crippen molar-refractivity contribution in [2.75, 3.05) is 26.2 Å². The van der Waals surface area contributed by atoms with E-state index in [2.05, 4.69) is 26.7 Å². The highest BCUT2D eigenvalue weighted by Crippen LogP contribution is 2.27. The molecule has 2 aliphatic heterocycles. The number of furan rings is 1. The van der Waals surface area contributed by atoms with Gasteiger partial charge in [0, 0.05) is 31.6 Å². The second-order valence-corrected chi connectivity index (χ2v) is 7.89. The van der Waals surface area contributed by atoms with Gasteiger partial charge < -0.3 is 13.9 Å². The second-order valence-electron chi connectivity index (χ2n) is 7.89. The van der Waals surface area contributed by atoms with Gasteiger partial charge in [-0.1, -0.05) is 6.42 Å². The van der Waals surface area contributed by atoms with Gasteiger partial charge in [-0.05, 0) is 51.8 Å². The Labute approximate surface area is 160 Å². The molecule has 0 bridgehead atoms. The van der Waals surface area contributed by atoms with E-state index in [1.54, 1.807) is 6.26 Å². The summed E-state index contributed by atoms with van der Waals surface area (Å²) in [5, 5.41) is 8.97. The Kier molecular flexibility index (Phi) is 5.29. The number of likely N-dealkylation sites (tertiary alicyclic amines) is 2. The van der Waals surface area contributed by atoms with Crippen molar-refractivity contribution in [3.05, 3.63) is 35.3 Å². The van der Waals surface area contributed by atoms with Crippen molar-refractivity contribution >= 4 is 5.91 Å². The summed E-state index contributed by atoms with van der Waals surface area (Å²) in [6, 6.07) is 1.84. The van der Waals surface area contributed by atoms with E-state index in [-0.39, 0.29) is 11.8 Å². The summed E-state index contributed by atoms with van der Waals surface area (Å²) >= 11 is 0. The molecule has 0 N–H and O–H groups in total. The van der Waals surface area contributed by atoms with Gasteiger partial charge in [0.1, 0.15) is 11.6 Å². The maximum Gasteiger partial charge on any atom is 0.289 e. The molecule has 0 spiro atoms. The van der Waals surface area contributed by atoms with E-state index in [1.807, 2.05) is 17.9 Å². The second kappa shape index (κ2) is 7.84. The first-order valence-corrected chi connectivity index (χ1v) is 10.1. The first-order valence-electron chi connectivity index (χ1n) is 10.1. The first kappa shape index (κ1) is 18.2. The van der Waals surface area contributed by atoms with Gasteiger partial charge in [-0.2, -0.15) is 0 Å². The van der Waals surface area contributed by atoms with Crippen LogP contribution in [0.25, 0.3) is 0 Å². The third kappa shape index (κ3) is 3.78. The van der Waals surface area contributed by atoms with E-state index in [4.69, 9.17) is 4.42 Å². The monoisotopic (exact) mass is 371 g/mol. The predicted octanol–water partition coefficient (Wildman–Crippen LogP) is 2.72. The Bertz CT molecular complexity index is 790. The highest BCUT2D eigenvalue weighted by atomic mass is 16.3. The smallest absolute Gasteiger partial charge is 0.289 e. The van der Waals surface area contributed by atoms with Crippen LogP contribution in [0.15, 0.2) is 16.7 Å². The topological polar surface area (TPSA) is 67.4 Å². The number of carbonyl (C=O) groups excluding carboxylic acids is 1. The molecule has 1 amide bonds. The van der Waals surface area contributed by atoms with Crippen molar-refractivity contribution < 1.29 is 9.21 Å². The molecule has 2 aromatic rings. The van der Waals surface area contributed by atoms with E-state index in [1.165, 1.54) is 19.3 Å². The molecule has 27 heavy (non-hydrogen) atoms.